The lowest BCUT2D eigenvalue weighted by atomic mass is 9.90. The molecule has 33 heavy (non-hydrogen) atoms. The molecule has 1 aliphatic carbocycles. The van der Waals surface area contributed by atoms with Crippen LogP contribution < -0.4 is 10.6 Å². The number of nitrogens with one attached hydrogen (secondary N) is 3. The van der Waals surface area contributed by atoms with Gasteiger partial charge in [-0.25, -0.2) is 4.98 Å². The number of nitrogens with zero attached hydrogens (tertiary/aromatic N) is 3. The topological polar surface area (TPSA) is 105 Å². The molecule has 3 N–H and O–H groups in total. The summed E-state index contributed by atoms with van der Waals surface area (Å²) in [4.78, 5) is 30.4. The number of rotatable bonds is 5. The highest BCUT2D eigenvalue weighted by molar-refractivity contribution is 9.11. The van der Waals surface area contributed by atoms with Gasteiger partial charge < -0.3 is 15.2 Å². The van der Waals surface area contributed by atoms with Crippen LogP contribution in [0.1, 0.15) is 51.8 Å². The molecule has 0 aliphatic heterocycles. The van der Waals surface area contributed by atoms with Crippen molar-refractivity contribution in [2.24, 2.45) is 0 Å². The molecule has 4 aromatic rings. The van der Waals surface area contributed by atoms with E-state index < -0.39 is 0 Å². The van der Waals surface area contributed by atoms with E-state index in [4.69, 9.17) is 4.98 Å². The number of halogens is 1. The first-order valence-electron chi connectivity index (χ1n) is 10.8. The van der Waals surface area contributed by atoms with E-state index >= 15 is 0 Å². The van der Waals surface area contributed by atoms with E-state index in [1.807, 2.05) is 36.4 Å². The summed E-state index contributed by atoms with van der Waals surface area (Å²) in [7, 11) is 1.62. The minimum absolute atomic E-state index is 0.0316. The lowest BCUT2D eigenvalue weighted by Gasteiger charge is -2.31. The Morgan fingerprint density at radius 1 is 1.18 bits per heavy atom. The number of benzene rings is 1. The van der Waals surface area contributed by atoms with Crippen molar-refractivity contribution in [2.75, 3.05) is 7.05 Å². The van der Waals surface area contributed by atoms with Crippen LogP contribution in [-0.2, 0) is 0 Å². The summed E-state index contributed by atoms with van der Waals surface area (Å²) in [6, 6.07) is 11.5. The minimum Gasteiger partial charge on any atom is -0.355 e. The van der Waals surface area contributed by atoms with E-state index in [0.717, 1.165) is 52.0 Å². The van der Waals surface area contributed by atoms with E-state index in [-0.39, 0.29) is 23.9 Å². The maximum atomic E-state index is 12.7. The first-order chi connectivity index (χ1) is 16.0. The van der Waals surface area contributed by atoms with Crippen LogP contribution in [0.5, 0.6) is 0 Å². The van der Waals surface area contributed by atoms with Gasteiger partial charge in [0.15, 0.2) is 5.82 Å². The van der Waals surface area contributed by atoms with Crippen molar-refractivity contribution in [1.82, 2.24) is 30.4 Å². The lowest BCUT2D eigenvalue weighted by Crippen LogP contribution is -2.38. The summed E-state index contributed by atoms with van der Waals surface area (Å²) in [5.41, 5.74) is 3.12. The Kier molecular flexibility index (Phi) is 6.03. The van der Waals surface area contributed by atoms with Gasteiger partial charge in [0.25, 0.3) is 11.8 Å². The van der Waals surface area contributed by atoms with E-state index in [0.29, 0.717) is 10.4 Å². The monoisotopic (exact) mass is 526 g/mol. The normalized spacial score (nSPS) is 18.4. The number of imidazole rings is 1. The SMILES string of the molecule is CNC(=O)c1ccc2c(c1)nc(-c1ccn[nH]1)n2C1CCCC(NC(=O)c2ccc(Br)s2)C1. The molecule has 0 bridgehead atoms. The molecular formula is C23H23BrN6O2S. The van der Waals surface area contributed by atoms with Crippen molar-refractivity contribution < 1.29 is 9.59 Å². The van der Waals surface area contributed by atoms with E-state index in [1.165, 1.54) is 11.3 Å². The third-order valence-electron chi connectivity index (χ3n) is 6.06. The van der Waals surface area contributed by atoms with Gasteiger partial charge in [0.05, 0.1) is 19.7 Å². The van der Waals surface area contributed by atoms with Crippen molar-refractivity contribution in [3.05, 3.63) is 56.8 Å². The maximum absolute atomic E-state index is 12.7. The number of carbonyl (C=O) groups excluding carboxylic acids is 2. The molecule has 0 spiro atoms. The summed E-state index contributed by atoms with van der Waals surface area (Å²) in [5, 5.41) is 13.0. The first kappa shape index (κ1) is 21.8. The number of aromatic amines is 1. The molecule has 2 atom stereocenters. The van der Waals surface area contributed by atoms with Gasteiger partial charge in [0.2, 0.25) is 0 Å². The van der Waals surface area contributed by atoms with Crippen molar-refractivity contribution >= 4 is 50.1 Å². The van der Waals surface area contributed by atoms with Gasteiger partial charge in [-0.15, -0.1) is 11.3 Å². The van der Waals surface area contributed by atoms with Gasteiger partial charge >= 0.3 is 0 Å². The average Bonchev–Trinajstić information content (AvgIpc) is 3.57. The number of hydrogen-bond acceptors (Lipinski definition) is 5. The van der Waals surface area contributed by atoms with Crippen molar-refractivity contribution in [2.45, 2.75) is 37.8 Å². The molecule has 10 heteroatoms. The summed E-state index contributed by atoms with van der Waals surface area (Å²) in [6.07, 6.45) is 5.45. The summed E-state index contributed by atoms with van der Waals surface area (Å²) in [6.45, 7) is 0. The smallest absolute Gasteiger partial charge is 0.261 e. The zero-order valence-corrected chi connectivity index (χ0v) is 20.4. The van der Waals surface area contributed by atoms with Crippen molar-refractivity contribution in [3.63, 3.8) is 0 Å². The molecule has 1 saturated carbocycles. The fourth-order valence-corrected chi connectivity index (χ4v) is 5.84. The Morgan fingerprint density at radius 3 is 2.79 bits per heavy atom. The van der Waals surface area contributed by atoms with Crippen LogP contribution in [0.4, 0.5) is 0 Å². The van der Waals surface area contributed by atoms with Gasteiger partial charge in [0.1, 0.15) is 5.69 Å². The average molecular weight is 527 g/mol. The second kappa shape index (κ2) is 9.11. The van der Waals surface area contributed by atoms with E-state index in [9.17, 15) is 9.59 Å². The molecule has 1 fully saturated rings. The fraction of sp³-hybridized carbons (Fsp3) is 0.304. The Labute approximate surface area is 202 Å². The summed E-state index contributed by atoms with van der Waals surface area (Å²) < 4.78 is 3.18. The highest BCUT2D eigenvalue weighted by Crippen LogP contribution is 2.36. The molecule has 3 aromatic heterocycles. The molecule has 2 amide bonds. The molecule has 170 valence electrons. The molecule has 0 radical (unpaired) electrons. The van der Waals surface area contributed by atoms with Gasteiger partial charge in [-0.1, -0.05) is 0 Å². The van der Waals surface area contributed by atoms with Crippen LogP contribution in [0.15, 0.2) is 46.4 Å². The Bertz CT molecular complexity index is 1310. The molecule has 0 saturated heterocycles. The molecule has 1 aliphatic rings. The quantitative estimate of drug-likeness (QED) is 0.355. The van der Waals surface area contributed by atoms with Crippen LogP contribution in [0.2, 0.25) is 0 Å². The van der Waals surface area contributed by atoms with Crippen LogP contribution in [0.3, 0.4) is 0 Å². The molecule has 5 rings (SSSR count). The zero-order chi connectivity index (χ0) is 22.9. The number of H-pyrrole nitrogens is 1. The summed E-state index contributed by atoms with van der Waals surface area (Å²) >= 11 is 4.86. The maximum Gasteiger partial charge on any atom is 0.261 e. The second-order valence-electron chi connectivity index (χ2n) is 8.15. The van der Waals surface area contributed by atoms with Crippen LogP contribution in [-0.4, -0.2) is 44.7 Å². The van der Waals surface area contributed by atoms with Gasteiger partial charge in [0, 0.05) is 30.9 Å². The summed E-state index contributed by atoms with van der Waals surface area (Å²) in [5.74, 6) is 0.613. The number of hydrogen-bond donors (Lipinski definition) is 3. The van der Waals surface area contributed by atoms with Crippen LogP contribution in [0.25, 0.3) is 22.6 Å². The van der Waals surface area contributed by atoms with Gasteiger partial charge in [-0.05, 0) is 78.0 Å². The van der Waals surface area contributed by atoms with Gasteiger partial charge in [-0.3, -0.25) is 14.7 Å². The molecular weight excluding hydrogens is 504 g/mol. The number of amides is 2. The number of aromatic nitrogens is 4. The molecule has 1 aromatic carbocycles. The van der Waals surface area contributed by atoms with E-state index in [1.54, 1.807) is 13.2 Å². The Balaban J connectivity index is 1.47. The predicted octanol–water partition coefficient (Wildman–Crippen LogP) is 4.52. The third kappa shape index (κ3) is 4.32. The second-order valence-corrected chi connectivity index (χ2v) is 10.6. The molecule has 3 heterocycles. The first-order valence-corrected chi connectivity index (χ1v) is 12.4. The number of carbonyl (C=O) groups is 2. The minimum atomic E-state index is -0.143. The van der Waals surface area contributed by atoms with Crippen molar-refractivity contribution in [3.8, 4) is 11.5 Å². The van der Waals surface area contributed by atoms with Crippen LogP contribution in [0, 0.1) is 0 Å². The Hall–Kier alpha value is -2.98. The van der Waals surface area contributed by atoms with Crippen LogP contribution >= 0.6 is 27.3 Å². The fourth-order valence-electron chi connectivity index (χ4n) is 4.55. The van der Waals surface area contributed by atoms with Gasteiger partial charge in [-0.2, -0.15) is 5.10 Å². The Morgan fingerprint density at radius 2 is 2.06 bits per heavy atom. The number of fused-ring (bicyclic) bond motifs is 1. The van der Waals surface area contributed by atoms with Crippen molar-refractivity contribution in [1.29, 1.82) is 0 Å². The highest BCUT2D eigenvalue weighted by atomic mass is 79.9. The largest absolute Gasteiger partial charge is 0.355 e. The zero-order valence-electron chi connectivity index (χ0n) is 18.0. The standard InChI is InChI=1S/C23H23BrN6O2S/c1-25-22(31)13-5-6-18-17(11-13)28-21(16-9-10-26-29-16)30(18)15-4-2-3-14(12-15)27-23(32)19-7-8-20(24)33-19/h5-11,14-15H,2-4,12H2,1H3,(H,25,31)(H,26,29)(H,27,32). The molecule has 8 nitrogen and oxygen atoms in total. The third-order valence-corrected chi connectivity index (χ3v) is 7.69. The van der Waals surface area contributed by atoms with E-state index in [2.05, 4.69) is 41.3 Å². The molecule has 2 unspecified atom stereocenters. The number of thiophene rings is 1. The highest BCUT2D eigenvalue weighted by Gasteiger charge is 2.29. The predicted molar refractivity (Wildman–Crippen MR) is 131 cm³/mol. The lowest BCUT2D eigenvalue weighted by molar-refractivity contribution is 0.0923.